The molecule has 0 aliphatic rings. The fraction of sp³-hybridized carbons (Fsp3) is 0.242. The van der Waals surface area contributed by atoms with Crippen LogP contribution in [-0.2, 0) is 14.1 Å². The van der Waals surface area contributed by atoms with Crippen LogP contribution in [-0.4, -0.2) is 68.6 Å². The summed E-state index contributed by atoms with van der Waals surface area (Å²) < 4.78 is 33.6. The van der Waals surface area contributed by atoms with Crippen LogP contribution >= 0.6 is 0 Å². The molecule has 0 N–H and O–H groups in total. The molecule has 17 nitrogen and oxygen atoms in total. The first-order valence-electron chi connectivity index (χ1n) is 15.2. The van der Waals surface area contributed by atoms with Gasteiger partial charge in [0.05, 0.1) is 65.8 Å². The minimum Gasteiger partial charge on any atom is -0.490 e. The Bertz CT molecular complexity index is 1930. The minimum absolute atomic E-state index is 0.0185. The van der Waals surface area contributed by atoms with E-state index in [9.17, 15) is 39.5 Å². The first-order valence-corrected chi connectivity index (χ1v) is 14.2. The number of para-hydroxylation sites is 3. The molecule has 2 heterocycles. The smallest absolute Gasteiger partial charge is 0.311 e. The number of methoxy groups -OCH3 is 3. The minimum atomic E-state index is -0.578. The van der Waals surface area contributed by atoms with E-state index in [2.05, 4.69) is 10.2 Å². The second-order valence-corrected chi connectivity index (χ2v) is 9.62. The quantitative estimate of drug-likeness (QED) is 0.0856. The number of ketones is 1. The number of rotatable bonds is 9. The van der Waals surface area contributed by atoms with E-state index in [0.29, 0.717) is 24.0 Å². The molecule has 0 saturated heterocycles. The molecule has 0 aliphatic carbocycles. The first-order chi connectivity index (χ1) is 24.9. The van der Waals surface area contributed by atoms with Crippen LogP contribution in [0.15, 0.2) is 79.1 Å². The van der Waals surface area contributed by atoms with Gasteiger partial charge in [0.1, 0.15) is 0 Å². The number of aryl methyl sites for hydroxylation is 2. The number of alkyl halides is 1. The Morgan fingerprint density at radius 3 is 1.59 bits per heavy atom. The molecule has 0 bridgehead atoms. The van der Waals surface area contributed by atoms with Crippen molar-refractivity contribution >= 4 is 22.8 Å². The number of ether oxygens (including phenoxy) is 3. The van der Waals surface area contributed by atoms with Gasteiger partial charge in [0.25, 0.3) is 0 Å². The van der Waals surface area contributed by atoms with Crippen LogP contribution in [0.3, 0.4) is 0 Å². The average molecular weight is 713 g/mol. The van der Waals surface area contributed by atoms with Crippen LogP contribution in [0.5, 0.6) is 17.2 Å². The molecule has 0 spiro atoms. The summed E-state index contributed by atoms with van der Waals surface area (Å²) in [5.74, 6) is 0.243. The number of hydrogen-bond acceptors (Lipinski definition) is 12. The van der Waals surface area contributed by atoms with Gasteiger partial charge in [-0.2, -0.15) is 10.2 Å². The number of aromatic nitrogens is 4. The van der Waals surface area contributed by atoms with Gasteiger partial charge >= 0.3 is 17.1 Å². The monoisotopic (exact) mass is 712 g/mol. The number of halogens is 1. The van der Waals surface area contributed by atoms with Crippen molar-refractivity contribution < 1.29 is 39.5 Å². The van der Waals surface area contributed by atoms with Gasteiger partial charge in [0, 0.05) is 51.6 Å². The molecule has 3 aromatic carbocycles. The van der Waals surface area contributed by atoms with Crippen molar-refractivity contribution in [3.63, 3.8) is 0 Å². The number of carbonyl (C=O) groups is 1. The van der Waals surface area contributed by atoms with E-state index in [-0.39, 0.29) is 45.7 Å². The lowest BCUT2D eigenvalue weighted by Crippen LogP contribution is -2.01. The number of benzene rings is 3. The number of Topliss-reactive ketones (excluding diaryl/α,β-unsaturated/α-hetero) is 1. The van der Waals surface area contributed by atoms with E-state index in [1.807, 2.05) is 0 Å². The highest BCUT2D eigenvalue weighted by Gasteiger charge is 2.22. The van der Waals surface area contributed by atoms with Crippen LogP contribution in [0.25, 0.3) is 22.5 Å². The highest BCUT2D eigenvalue weighted by molar-refractivity contribution is 5.98. The Morgan fingerprint density at radius 1 is 0.745 bits per heavy atom. The molecule has 2 aromatic heterocycles. The predicted molar refractivity (Wildman–Crippen MR) is 187 cm³/mol. The van der Waals surface area contributed by atoms with Gasteiger partial charge in [-0.15, -0.1) is 0 Å². The number of nitro benzene ring substituents is 3. The van der Waals surface area contributed by atoms with Crippen molar-refractivity contribution in [2.24, 2.45) is 14.1 Å². The van der Waals surface area contributed by atoms with Gasteiger partial charge in [-0.25, -0.2) is 0 Å². The van der Waals surface area contributed by atoms with Gasteiger partial charge in [-0.1, -0.05) is 25.6 Å². The molecule has 0 aliphatic heterocycles. The van der Waals surface area contributed by atoms with Crippen molar-refractivity contribution in [3.8, 4) is 39.8 Å². The Kier molecular flexibility index (Phi) is 15.8. The molecule has 0 atom stereocenters. The van der Waals surface area contributed by atoms with E-state index in [0.717, 1.165) is 5.69 Å². The fourth-order valence-electron chi connectivity index (χ4n) is 4.53. The van der Waals surface area contributed by atoms with Gasteiger partial charge in [0.15, 0.2) is 5.78 Å². The SMILES string of the molecule is CF.COc1c(-c2ccn(C)n2)cccc1[N+](=O)[O-].COc1c(-c2ccnn2C)cccc1[N+](=O)[O-].COc1c(C(C)=O)cccc1[N+](=O)[O-].[2H]C. The highest BCUT2D eigenvalue weighted by Crippen LogP contribution is 2.38. The van der Waals surface area contributed by atoms with Crippen molar-refractivity contribution in [2.45, 2.75) is 14.3 Å². The van der Waals surface area contributed by atoms with Crippen molar-refractivity contribution in [1.82, 2.24) is 19.6 Å². The molecule has 0 radical (unpaired) electrons. The third kappa shape index (κ3) is 10.4. The summed E-state index contributed by atoms with van der Waals surface area (Å²) >= 11 is 0. The number of hydrogen-bond donors (Lipinski definition) is 0. The summed E-state index contributed by atoms with van der Waals surface area (Å²) in [6, 6.07) is 17.4. The summed E-state index contributed by atoms with van der Waals surface area (Å²) in [6.45, 7) is 1.33. The Hall–Kier alpha value is -6.72. The maximum Gasteiger partial charge on any atom is 0.311 e. The van der Waals surface area contributed by atoms with Crippen LogP contribution < -0.4 is 14.2 Å². The van der Waals surface area contributed by atoms with Crippen LogP contribution in [0, 0.1) is 30.3 Å². The molecule has 51 heavy (non-hydrogen) atoms. The normalized spacial score (nSPS) is 9.71. The highest BCUT2D eigenvalue weighted by atomic mass is 19.1. The molecule has 0 saturated carbocycles. The van der Waals surface area contributed by atoms with Gasteiger partial charge in [0.2, 0.25) is 17.2 Å². The van der Waals surface area contributed by atoms with E-state index in [4.69, 9.17) is 15.6 Å². The summed E-state index contributed by atoms with van der Waals surface area (Å²) in [5, 5.41) is 40.6. The summed E-state index contributed by atoms with van der Waals surface area (Å²) in [7, 11) is 9.44. The molecule has 0 unspecified atom stereocenters. The van der Waals surface area contributed by atoms with Gasteiger partial charge in [-0.05, 0) is 37.3 Å². The maximum atomic E-state index is 11.1. The molecule has 5 rings (SSSR count). The molecule has 0 fully saturated rings. The van der Waals surface area contributed by atoms with Gasteiger partial charge in [-0.3, -0.25) is 48.9 Å². The van der Waals surface area contributed by atoms with Crippen LogP contribution in [0.2, 0.25) is 0 Å². The van der Waals surface area contributed by atoms with E-state index >= 15 is 0 Å². The zero-order valence-electron chi connectivity index (χ0n) is 30.1. The van der Waals surface area contributed by atoms with E-state index < -0.39 is 14.8 Å². The lowest BCUT2D eigenvalue weighted by atomic mass is 10.1. The standard InChI is InChI=1S/2C11H11N3O3.C9H9NO4.CH3F.CH4/c1-13-7-6-9(12-13)8-4-3-5-10(14(15)16)11(8)17-2;1-13-9(6-7-12-13)8-4-3-5-10(14(15)16)11(8)17-2;1-6(11)7-4-3-5-8(10(12)13)9(7)14-2;1-2;/h2*3-7H,1-2H3;3-5H,1-2H3;1H3;1H4/i;;;;1D. The van der Waals surface area contributed by atoms with Crippen molar-refractivity contribution in [3.05, 3.63) is 115 Å². The average Bonchev–Trinajstić information content (AvgIpc) is 3.79. The number of nitrogens with zero attached hydrogens (tertiary/aromatic N) is 7. The fourth-order valence-corrected chi connectivity index (χ4v) is 4.53. The summed E-state index contributed by atoms with van der Waals surface area (Å²) in [5.41, 5.74) is 2.60. The lowest BCUT2D eigenvalue weighted by molar-refractivity contribution is -0.385. The molecular weight excluding hydrogens is 673 g/mol. The zero-order chi connectivity index (χ0) is 39.5. The summed E-state index contributed by atoms with van der Waals surface area (Å²) in [4.78, 5) is 41.9. The maximum absolute atomic E-state index is 11.1. The Balaban J connectivity index is 0.000000374. The van der Waals surface area contributed by atoms with Crippen molar-refractivity contribution in [2.75, 3.05) is 28.5 Å². The zero-order valence-corrected chi connectivity index (χ0v) is 29.1. The Labute approximate surface area is 293 Å². The first kappa shape index (κ1) is 40.5. The molecule has 18 heteroatoms. The van der Waals surface area contributed by atoms with Crippen molar-refractivity contribution in [1.29, 1.82) is 0 Å². The van der Waals surface area contributed by atoms with Gasteiger partial charge < -0.3 is 14.2 Å². The molecular formula is C33H38FN7O10. The van der Waals surface area contributed by atoms with Crippen LogP contribution in [0.1, 0.15) is 26.1 Å². The topological polar surface area (TPSA) is 210 Å². The predicted octanol–water partition coefficient (Wildman–Crippen LogP) is 7.04. The molecule has 0 amide bonds. The molecule has 272 valence electrons. The number of carbonyl (C=O) groups excluding carboxylic acids is 1. The second-order valence-electron chi connectivity index (χ2n) is 9.62. The lowest BCUT2D eigenvalue weighted by Gasteiger charge is -2.08. The third-order valence-electron chi connectivity index (χ3n) is 6.65. The largest absolute Gasteiger partial charge is 0.490 e. The van der Waals surface area contributed by atoms with E-state index in [1.165, 1.54) is 66.0 Å². The third-order valence-corrected chi connectivity index (χ3v) is 6.65. The number of nitro groups is 3. The summed E-state index contributed by atoms with van der Waals surface area (Å²) in [6.07, 6.45) is 3.40. The second kappa shape index (κ2) is 19.9. The molecule has 5 aromatic rings. The Morgan fingerprint density at radius 2 is 1.20 bits per heavy atom. The van der Waals surface area contributed by atoms with Crippen LogP contribution in [0.4, 0.5) is 21.5 Å². The van der Waals surface area contributed by atoms with E-state index in [1.54, 1.807) is 72.3 Å².